The molecule has 4 nitrogen and oxygen atoms in total. The van der Waals surface area contributed by atoms with E-state index < -0.39 is 5.54 Å². The zero-order valence-electron chi connectivity index (χ0n) is 13.9. The molecule has 1 saturated carbocycles. The number of amides is 1. The lowest BCUT2D eigenvalue weighted by Crippen LogP contribution is -2.52. The molecule has 0 bridgehead atoms. The highest BCUT2D eigenvalue weighted by atomic mass is 19.1. The maximum absolute atomic E-state index is 13.7. The number of nitriles is 1. The highest BCUT2D eigenvalue weighted by Gasteiger charge is 2.38. The lowest BCUT2D eigenvalue weighted by Gasteiger charge is -2.39. The molecule has 5 heteroatoms. The minimum absolute atomic E-state index is 0.0905. The largest absolute Gasteiger partial charge is 0.326 e. The van der Waals surface area contributed by atoms with E-state index in [4.69, 9.17) is 0 Å². The number of nitrogens with zero attached hydrogens (tertiary/aromatic N) is 3. The SMILES string of the molecule is CN(CC(=O)N(C)C1(C#N)CCCCC1)Cc1ccccc1F. The number of benzene rings is 1. The number of hydrogen-bond donors (Lipinski definition) is 0. The Morgan fingerprint density at radius 1 is 1.26 bits per heavy atom. The third-order valence-electron chi connectivity index (χ3n) is 4.71. The summed E-state index contributed by atoms with van der Waals surface area (Å²) in [5.41, 5.74) is -0.105. The van der Waals surface area contributed by atoms with Crippen LogP contribution in [0.15, 0.2) is 24.3 Å². The van der Waals surface area contributed by atoms with Crippen molar-refractivity contribution in [2.24, 2.45) is 0 Å². The van der Waals surface area contributed by atoms with Crippen molar-refractivity contribution in [1.29, 1.82) is 5.26 Å². The third kappa shape index (κ3) is 4.08. The Balaban J connectivity index is 1.97. The highest BCUT2D eigenvalue weighted by Crippen LogP contribution is 2.32. The molecular formula is C18H24FN3O. The van der Waals surface area contributed by atoms with Gasteiger partial charge in [-0.05, 0) is 26.0 Å². The number of likely N-dealkylation sites (N-methyl/N-ethyl adjacent to an activating group) is 2. The Bertz CT molecular complexity index is 590. The predicted octanol–water partition coefficient (Wildman–Crippen LogP) is 2.94. The van der Waals surface area contributed by atoms with Crippen molar-refractivity contribution in [2.45, 2.75) is 44.2 Å². The van der Waals surface area contributed by atoms with Crippen molar-refractivity contribution in [3.05, 3.63) is 35.6 Å². The Kier molecular flexibility index (Phi) is 5.73. The molecule has 1 aromatic carbocycles. The smallest absolute Gasteiger partial charge is 0.237 e. The molecule has 1 aromatic rings. The fraction of sp³-hybridized carbons (Fsp3) is 0.556. The molecule has 0 aliphatic heterocycles. The zero-order valence-corrected chi connectivity index (χ0v) is 13.9. The van der Waals surface area contributed by atoms with E-state index in [1.54, 1.807) is 42.1 Å². The summed E-state index contributed by atoms with van der Waals surface area (Å²) < 4.78 is 13.7. The number of carbonyl (C=O) groups excluding carboxylic acids is 1. The molecular weight excluding hydrogens is 293 g/mol. The number of hydrogen-bond acceptors (Lipinski definition) is 3. The fourth-order valence-corrected chi connectivity index (χ4v) is 3.21. The summed E-state index contributed by atoms with van der Waals surface area (Å²) in [4.78, 5) is 15.9. The lowest BCUT2D eigenvalue weighted by atomic mass is 9.81. The first-order valence-electron chi connectivity index (χ1n) is 8.08. The molecule has 2 rings (SSSR count). The van der Waals surface area contributed by atoms with Crippen LogP contribution < -0.4 is 0 Å². The minimum atomic E-state index is -0.672. The van der Waals surface area contributed by atoms with Crippen molar-refractivity contribution < 1.29 is 9.18 Å². The molecule has 0 unspecified atom stereocenters. The molecule has 23 heavy (non-hydrogen) atoms. The standard InChI is InChI=1S/C18H24FN3O/c1-21(12-15-8-4-5-9-16(15)19)13-17(23)22(2)18(14-20)10-6-3-7-11-18/h4-5,8-9H,3,6-7,10-13H2,1-2H3. The van der Waals surface area contributed by atoms with Gasteiger partial charge in [0.1, 0.15) is 11.4 Å². The molecule has 0 spiro atoms. The van der Waals surface area contributed by atoms with Crippen LogP contribution in [0.2, 0.25) is 0 Å². The van der Waals surface area contributed by atoms with Crippen LogP contribution in [0.4, 0.5) is 4.39 Å². The number of rotatable bonds is 5. The second-order valence-electron chi connectivity index (χ2n) is 6.42. The van der Waals surface area contributed by atoms with Gasteiger partial charge in [0.05, 0.1) is 12.6 Å². The van der Waals surface area contributed by atoms with Crippen molar-refractivity contribution in [3.8, 4) is 6.07 Å². The maximum Gasteiger partial charge on any atom is 0.237 e. The van der Waals surface area contributed by atoms with Crippen LogP contribution in [0.25, 0.3) is 0 Å². The van der Waals surface area contributed by atoms with Crippen molar-refractivity contribution in [3.63, 3.8) is 0 Å². The van der Waals surface area contributed by atoms with Crippen LogP contribution in [0.1, 0.15) is 37.7 Å². The van der Waals surface area contributed by atoms with Crippen molar-refractivity contribution >= 4 is 5.91 Å². The molecule has 1 aliphatic carbocycles. The first-order valence-corrected chi connectivity index (χ1v) is 8.08. The van der Waals surface area contributed by atoms with Gasteiger partial charge in [0.15, 0.2) is 0 Å². The molecule has 0 heterocycles. The summed E-state index contributed by atoms with van der Waals surface area (Å²) in [6.45, 7) is 0.542. The average molecular weight is 317 g/mol. The minimum Gasteiger partial charge on any atom is -0.326 e. The van der Waals surface area contributed by atoms with Crippen molar-refractivity contribution in [2.75, 3.05) is 20.6 Å². The molecule has 0 atom stereocenters. The van der Waals surface area contributed by atoms with E-state index in [1.165, 1.54) is 6.07 Å². The molecule has 1 aliphatic rings. The normalized spacial score (nSPS) is 16.8. The summed E-state index contributed by atoms with van der Waals surface area (Å²) in [6.07, 6.45) is 4.57. The summed E-state index contributed by atoms with van der Waals surface area (Å²) in [5.74, 6) is -0.354. The predicted molar refractivity (Wildman–Crippen MR) is 86.9 cm³/mol. The van der Waals surface area contributed by atoms with E-state index >= 15 is 0 Å². The average Bonchev–Trinajstić information content (AvgIpc) is 2.56. The van der Waals surface area contributed by atoms with E-state index in [0.717, 1.165) is 32.1 Å². The molecule has 124 valence electrons. The molecule has 1 fully saturated rings. The van der Waals surface area contributed by atoms with Crippen LogP contribution in [-0.4, -0.2) is 41.9 Å². The molecule has 1 amide bonds. The van der Waals surface area contributed by atoms with E-state index in [1.807, 2.05) is 0 Å². The van der Waals surface area contributed by atoms with E-state index in [-0.39, 0.29) is 18.3 Å². The van der Waals surface area contributed by atoms with Crippen LogP contribution in [-0.2, 0) is 11.3 Å². The van der Waals surface area contributed by atoms with Crippen LogP contribution >= 0.6 is 0 Å². The van der Waals surface area contributed by atoms with E-state index in [0.29, 0.717) is 12.1 Å². The summed E-state index contributed by atoms with van der Waals surface area (Å²) in [5, 5.41) is 9.56. The number of carbonyl (C=O) groups is 1. The number of halogens is 1. The van der Waals surface area contributed by atoms with Crippen LogP contribution in [0, 0.1) is 17.1 Å². The maximum atomic E-state index is 13.7. The molecule has 0 aromatic heterocycles. The second-order valence-corrected chi connectivity index (χ2v) is 6.42. The second kappa shape index (κ2) is 7.56. The van der Waals surface area contributed by atoms with Gasteiger partial charge >= 0.3 is 0 Å². The Labute approximate surface area is 137 Å². The summed E-state index contributed by atoms with van der Waals surface area (Å²) >= 11 is 0. The Morgan fingerprint density at radius 3 is 2.52 bits per heavy atom. The van der Waals surface area contributed by atoms with Gasteiger partial charge in [-0.15, -0.1) is 0 Å². The van der Waals surface area contributed by atoms with Gasteiger partial charge in [0.2, 0.25) is 5.91 Å². The monoisotopic (exact) mass is 317 g/mol. The Morgan fingerprint density at radius 2 is 1.91 bits per heavy atom. The topological polar surface area (TPSA) is 47.3 Å². The van der Waals surface area contributed by atoms with Crippen molar-refractivity contribution in [1.82, 2.24) is 9.80 Å². The quantitative estimate of drug-likeness (QED) is 0.839. The summed E-state index contributed by atoms with van der Waals surface area (Å²) in [7, 11) is 3.51. The van der Waals surface area contributed by atoms with Gasteiger partial charge in [-0.25, -0.2) is 4.39 Å². The van der Waals surface area contributed by atoms with Gasteiger partial charge < -0.3 is 4.90 Å². The van der Waals surface area contributed by atoms with E-state index in [2.05, 4.69) is 6.07 Å². The van der Waals surface area contributed by atoms with E-state index in [9.17, 15) is 14.4 Å². The third-order valence-corrected chi connectivity index (χ3v) is 4.71. The van der Waals surface area contributed by atoms with Gasteiger partial charge in [0.25, 0.3) is 0 Å². The van der Waals surface area contributed by atoms with Crippen LogP contribution in [0.5, 0.6) is 0 Å². The van der Waals surface area contributed by atoms with Gasteiger partial charge in [-0.2, -0.15) is 5.26 Å². The first kappa shape index (κ1) is 17.4. The molecule has 0 radical (unpaired) electrons. The van der Waals surface area contributed by atoms with Gasteiger partial charge in [-0.3, -0.25) is 9.69 Å². The zero-order chi connectivity index (χ0) is 16.9. The van der Waals surface area contributed by atoms with Gasteiger partial charge in [-0.1, -0.05) is 37.5 Å². The van der Waals surface area contributed by atoms with Gasteiger partial charge in [0, 0.05) is 19.2 Å². The molecule has 0 saturated heterocycles. The fourth-order valence-electron chi connectivity index (χ4n) is 3.21. The summed E-state index contributed by atoms with van der Waals surface area (Å²) in [6, 6.07) is 8.93. The highest BCUT2D eigenvalue weighted by molar-refractivity contribution is 5.79. The van der Waals surface area contributed by atoms with Crippen LogP contribution in [0.3, 0.4) is 0 Å². The Hall–Kier alpha value is -1.93. The molecule has 0 N–H and O–H groups in total. The lowest BCUT2D eigenvalue weighted by molar-refractivity contribution is -0.135. The first-order chi connectivity index (χ1) is 11.0.